The Hall–Kier alpha value is -10.3. The predicted octanol–water partition coefficient (Wildman–Crippen LogP) is 17.8. The maximum absolute atomic E-state index is 5.10. The summed E-state index contributed by atoms with van der Waals surface area (Å²) in [6.45, 7) is 0. The maximum Gasteiger partial charge on any atom is 0.0795 e. The molecule has 0 amide bonds. The van der Waals surface area contributed by atoms with E-state index in [0.29, 0.717) is 0 Å². The van der Waals surface area contributed by atoms with E-state index in [1.165, 1.54) is 10.8 Å². The molecule has 0 radical (unpaired) electrons. The molecular formula is C70H44N6. The van der Waals surface area contributed by atoms with E-state index in [0.717, 1.165) is 133 Å². The standard InChI is InChI=1S/C37H23N3.C33H21N3/c1-2-10-30-24(6-1)7-3-11-31(30)33-19-17-25-13-15-28(22-35(25)39-33)29-16-14-26-18-20-34(40-36(26)23-29)32-12-4-8-27-9-5-21-38-37(27)32;1-2-6-22(7-3-1)29-17-15-23-11-13-26(20-31(23)35-29)27-14-12-24-16-18-30(36-32(24)21-27)28-10-4-8-25-9-5-19-34-33(25)28/h1-23H;1-21H. The summed E-state index contributed by atoms with van der Waals surface area (Å²) in [6.07, 6.45) is 3.67. The molecule has 76 heavy (non-hydrogen) atoms. The third-order valence-electron chi connectivity index (χ3n) is 14.4. The van der Waals surface area contributed by atoms with Crippen LogP contribution in [0.15, 0.2) is 267 Å². The Morgan fingerprint density at radius 2 is 0.566 bits per heavy atom. The number of para-hydroxylation sites is 2. The van der Waals surface area contributed by atoms with Crippen LogP contribution in [0.3, 0.4) is 0 Å². The van der Waals surface area contributed by atoms with Gasteiger partial charge < -0.3 is 0 Å². The van der Waals surface area contributed by atoms with Crippen molar-refractivity contribution < 1.29 is 0 Å². The van der Waals surface area contributed by atoms with Crippen LogP contribution in [0.2, 0.25) is 0 Å². The molecule has 0 fully saturated rings. The molecule has 0 saturated heterocycles. The van der Waals surface area contributed by atoms with E-state index in [2.05, 4.69) is 234 Å². The average Bonchev–Trinajstić information content (AvgIpc) is 3.51. The molecule has 6 nitrogen and oxygen atoms in total. The Balaban J connectivity index is 0.000000140. The molecule has 0 bridgehead atoms. The van der Waals surface area contributed by atoms with E-state index < -0.39 is 0 Å². The van der Waals surface area contributed by atoms with Crippen molar-refractivity contribution in [2.45, 2.75) is 0 Å². The number of hydrogen-bond donors (Lipinski definition) is 0. The van der Waals surface area contributed by atoms with Gasteiger partial charge in [-0.25, -0.2) is 19.9 Å². The van der Waals surface area contributed by atoms with Gasteiger partial charge in [0.05, 0.1) is 55.9 Å². The van der Waals surface area contributed by atoms with Crippen molar-refractivity contribution in [3.05, 3.63) is 267 Å². The second kappa shape index (κ2) is 19.0. The molecule has 354 valence electrons. The van der Waals surface area contributed by atoms with E-state index in [-0.39, 0.29) is 0 Å². The minimum absolute atomic E-state index is 0.925. The summed E-state index contributed by atoms with van der Waals surface area (Å²) < 4.78 is 0. The summed E-state index contributed by atoms with van der Waals surface area (Å²) in [4.78, 5) is 29.4. The van der Waals surface area contributed by atoms with Crippen molar-refractivity contribution in [3.63, 3.8) is 0 Å². The zero-order valence-electron chi connectivity index (χ0n) is 41.1. The first kappa shape index (κ1) is 44.4. The molecule has 9 aromatic carbocycles. The summed E-state index contributed by atoms with van der Waals surface area (Å²) in [5.41, 5.74) is 18.5. The highest BCUT2D eigenvalue weighted by atomic mass is 14.7. The number of fused-ring (bicyclic) bond motifs is 7. The summed E-state index contributed by atoms with van der Waals surface area (Å²) in [5.74, 6) is 0. The van der Waals surface area contributed by atoms with Crippen molar-refractivity contribution >= 4 is 76.2 Å². The first-order valence-corrected chi connectivity index (χ1v) is 25.5. The number of hydrogen-bond acceptors (Lipinski definition) is 6. The van der Waals surface area contributed by atoms with E-state index >= 15 is 0 Å². The molecule has 6 heteroatoms. The van der Waals surface area contributed by atoms with Crippen LogP contribution in [-0.4, -0.2) is 29.9 Å². The molecule has 0 spiro atoms. The summed E-state index contributed by atoms with van der Waals surface area (Å²) in [7, 11) is 0. The zero-order valence-corrected chi connectivity index (χ0v) is 41.1. The highest BCUT2D eigenvalue weighted by molar-refractivity contribution is 5.99. The number of pyridine rings is 6. The third kappa shape index (κ3) is 8.40. The first-order chi connectivity index (χ1) is 37.6. The normalized spacial score (nSPS) is 11.4. The van der Waals surface area contributed by atoms with Crippen molar-refractivity contribution in [1.82, 2.24) is 29.9 Å². The van der Waals surface area contributed by atoms with Crippen LogP contribution in [0.1, 0.15) is 0 Å². The molecule has 6 aromatic heterocycles. The lowest BCUT2D eigenvalue weighted by atomic mass is 9.99. The van der Waals surface area contributed by atoms with Crippen molar-refractivity contribution in [2.24, 2.45) is 0 Å². The predicted molar refractivity (Wildman–Crippen MR) is 315 cm³/mol. The second-order valence-electron chi connectivity index (χ2n) is 19.1. The van der Waals surface area contributed by atoms with E-state index in [9.17, 15) is 0 Å². The SMILES string of the molecule is c1ccc(-c2ccc3ccc(-c4ccc5ccc(-c6cccc7cccnc67)nc5c4)cc3n2)cc1.c1ccc2c(-c3ccc4ccc(-c5ccc6ccc(-c7cccc8cccnc78)nc6c5)cc4n3)cccc2c1. The number of benzene rings is 9. The molecule has 0 N–H and O–H groups in total. The van der Waals surface area contributed by atoms with Crippen LogP contribution in [-0.2, 0) is 0 Å². The van der Waals surface area contributed by atoms with Gasteiger partial charge in [-0.3, -0.25) is 9.97 Å². The topological polar surface area (TPSA) is 77.3 Å². The van der Waals surface area contributed by atoms with Gasteiger partial charge in [-0.2, -0.15) is 0 Å². The van der Waals surface area contributed by atoms with Gasteiger partial charge in [0.15, 0.2) is 0 Å². The van der Waals surface area contributed by atoms with Crippen LogP contribution >= 0.6 is 0 Å². The number of nitrogens with zero attached hydrogens (tertiary/aromatic N) is 6. The summed E-state index contributed by atoms with van der Waals surface area (Å²) in [6, 6.07) is 88.6. The van der Waals surface area contributed by atoms with Crippen LogP contribution in [0.4, 0.5) is 0 Å². The Morgan fingerprint density at radius 1 is 0.211 bits per heavy atom. The van der Waals surface area contributed by atoms with E-state index in [4.69, 9.17) is 19.9 Å². The molecule has 0 saturated carbocycles. The second-order valence-corrected chi connectivity index (χ2v) is 19.1. The number of rotatable bonds is 6. The van der Waals surface area contributed by atoms with Crippen LogP contribution in [0, 0.1) is 0 Å². The zero-order chi connectivity index (χ0) is 50.4. The molecule has 0 aliphatic carbocycles. The number of aromatic nitrogens is 6. The Bertz CT molecular complexity index is 4550. The highest BCUT2D eigenvalue weighted by Gasteiger charge is 2.13. The van der Waals surface area contributed by atoms with Crippen LogP contribution < -0.4 is 0 Å². The molecule has 0 atom stereocenters. The van der Waals surface area contributed by atoms with Gasteiger partial charge >= 0.3 is 0 Å². The van der Waals surface area contributed by atoms with Crippen LogP contribution in [0.5, 0.6) is 0 Å². The smallest absolute Gasteiger partial charge is 0.0795 e. The van der Waals surface area contributed by atoms with Gasteiger partial charge in [-0.15, -0.1) is 0 Å². The van der Waals surface area contributed by atoms with Gasteiger partial charge in [0.25, 0.3) is 0 Å². The minimum Gasteiger partial charge on any atom is -0.256 e. The fourth-order valence-electron chi connectivity index (χ4n) is 10.5. The van der Waals surface area contributed by atoms with Gasteiger partial charge in [0.2, 0.25) is 0 Å². The third-order valence-corrected chi connectivity index (χ3v) is 14.4. The van der Waals surface area contributed by atoms with Gasteiger partial charge in [-0.05, 0) is 93.7 Å². The van der Waals surface area contributed by atoms with Gasteiger partial charge in [0.1, 0.15) is 0 Å². The van der Waals surface area contributed by atoms with Crippen molar-refractivity contribution in [3.8, 4) is 67.3 Å². The molecule has 15 aromatic rings. The Kier molecular flexibility index (Phi) is 11.1. The summed E-state index contributed by atoms with van der Waals surface area (Å²) in [5, 5.41) is 9.13. The maximum atomic E-state index is 5.10. The van der Waals surface area contributed by atoms with Gasteiger partial charge in [0, 0.05) is 67.0 Å². The Morgan fingerprint density at radius 3 is 1.05 bits per heavy atom. The summed E-state index contributed by atoms with van der Waals surface area (Å²) >= 11 is 0. The first-order valence-electron chi connectivity index (χ1n) is 25.5. The largest absolute Gasteiger partial charge is 0.256 e. The monoisotopic (exact) mass is 968 g/mol. The highest BCUT2D eigenvalue weighted by Crippen LogP contribution is 2.35. The lowest BCUT2D eigenvalue weighted by molar-refractivity contribution is 1.37. The lowest BCUT2D eigenvalue weighted by Crippen LogP contribution is -1.90. The molecule has 0 aliphatic rings. The molecular weight excluding hydrogens is 925 g/mol. The lowest BCUT2D eigenvalue weighted by Gasteiger charge is -2.10. The molecule has 6 heterocycles. The van der Waals surface area contributed by atoms with Crippen LogP contribution in [0.25, 0.3) is 143 Å². The molecule has 0 unspecified atom stereocenters. The molecule has 0 aliphatic heterocycles. The molecule has 15 rings (SSSR count). The Labute approximate surface area is 438 Å². The van der Waals surface area contributed by atoms with E-state index in [1.807, 2.05) is 42.7 Å². The van der Waals surface area contributed by atoms with Gasteiger partial charge in [-0.1, -0.05) is 194 Å². The van der Waals surface area contributed by atoms with E-state index in [1.54, 1.807) is 0 Å². The fraction of sp³-hybridized carbons (Fsp3) is 0. The quantitative estimate of drug-likeness (QED) is 0.165. The minimum atomic E-state index is 0.925. The average molecular weight is 969 g/mol. The fourth-order valence-corrected chi connectivity index (χ4v) is 10.5. The van der Waals surface area contributed by atoms with Crippen molar-refractivity contribution in [2.75, 3.05) is 0 Å². The van der Waals surface area contributed by atoms with Crippen molar-refractivity contribution in [1.29, 1.82) is 0 Å².